The van der Waals surface area contributed by atoms with Crippen molar-refractivity contribution in [1.82, 2.24) is 15.0 Å². The molecule has 1 fully saturated rings. The monoisotopic (exact) mass is 423 g/mol. The predicted molar refractivity (Wildman–Crippen MR) is 102 cm³/mol. The standard InChI is InChI=1S/C21H18ClF4N3/c1-11-8-14(18-19(22)29-20(28-18)13-3-4-13)5-2-12(11)6-7-17-16(23)9-15(10-27-17)21(24,25)26/h2,5,8-10,13H,3-4,6-7H2,1H3,(H,28,29). The van der Waals surface area contributed by atoms with Crippen LogP contribution in [0.2, 0.25) is 5.15 Å². The van der Waals surface area contributed by atoms with Gasteiger partial charge in [-0.25, -0.2) is 9.37 Å². The van der Waals surface area contributed by atoms with Crippen molar-refractivity contribution in [3.8, 4) is 11.3 Å². The first-order valence-corrected chi connectivity index (χ1v) is 9.67. The van der Waals surface area contributed by atoms with Crippen LogP contribution in [0.25, 0.3) is 11.3 Å². The zero-order chi connectivity index (χ0) is 20.8. The van der Waals surface area contributed by atoms with E-state index in [2.05, 4.69) is 15.0 Å². The average molecular weight is 424 g/mol. The summed E-state index contributed by atoms with van der Waals surface area (Å²) in [5.74, 6) is 0.438. The van der Waals surface area contributed by atoms with Crippen LogP contribution in [0.1, 0.15) is 47.0 Å². The van der Waals surface area contributed by atoms with Crippen molar-refractivity contribution in [1.29, 1.82) is 0 Å². The Kier molecular flexibility index (Phi) is 5.11. The Morgan fingerprint density at radius 1 is 1.17 bits per heavy atom. The van der Waals surface area contributed by atoms with Crippen LogP contribution >= 0.6 is 11.6 Å². The number of hydrogen-bond donors (Lipinski definition) is 1. The Balaban J connectivity index is 1.49. The Hall–Kier alpha value is -2.41. The molecule has 1 aliphatic rings. The van der Waals surface area contributed by atoms with E-state index in [4.69, 9.17) is 11.6 Å². The Labute approximate surface area is 170 Å². The van der Waals surface area contributed by atoms with Gasteiger partial charge in [-0.1, -0.05) is 23.7 Å². The first-order chi connectivity index (χ1) is 13.7. The summed E-state index contributed by atoms with van der Waals surface area (Å²) in [6.07, 6.45) is -1.02. The van der Waals surface area contributed by atoms with E-state index in [9.17, 15) is 17.6 Å². The van der Waals surface area contributed by atoms with Crippen LogP contribution in [0.3, 0.4) is 0 Å². The number of aromatic nitrogens is 3. The molecule has 8 heteroatoms. The molecule has 0 bridgehead atoms. The van der Waals surface area contributed by atoms with Gasteiger partial charge in [-0.15, -0.1) is 0 Å². The summed E-state index contributed by atoms with van der Waals surface area (Å²) < 4.78 is 51.9. The number of nitrogens with zero attached hydrogens (tertiary/aromatic N) is 2. The molecule has 0 amide bonds. The van der Waals surface area contributed by atoms with Gasteiger partial charge in [0.1, 0.15) is 22.5 Å². The Morgan fingerprint density at radius 3 is 2.55 bits per heavy atom. The topological polar surface area (TPSA) is 41.6 Å². The van der Waals surface area contributed by atoms with Gasteiger partial charge < -0.3 is 4.98 Å². The van der Waals surface area contributed by atoms with Crippen molar-refractivity contribution in [3.63, 3.8) is 0 Å². The van der Waals surface area contributed by atoms with Crippen LogP contribution < -0.4 is 0 Å². The largest absolute Gasteiger partial charge is 0.417 e. The Morgan fingerprint density at radius 2 is 1.93 bits per heavy atom. The summed E-state index contributed by atoms with van der Waals surface area (Å²) in [6.45, 7) is 1.93. The minimum atomic E-state index is -4.61. The third kappa shape index (κ3) is 4.29. The minimum absolute atomic E-state index is 0.0193. The molecule has 0 radical (unpaired) electrons. The first kappa shape index (κ1) is 19.9. The van der Waals surface area contributed by atoms with Gasteiger partial charge in [-0.05, 0) is 55.9 Å². The number of alkyl halides is 3. The van der Waals surface area contributed by atoms with Crippen LogP contribution in [-0.2, 0) is 19.0 Å². The molecule has 4 rings (SSSR count). The van der Waals surface area contributed by atoms with Gasteiger partial charge in [0, 0.05) is 17.7 Å². The molecule has 1 aliphatic carbocycles. The van der Waals surface area contributed by atoms with Crippen molar-refractivity contribution in [2.24, 2.45) is 0 Å². The first-order valence-electron chi connectivity index (χ1n) is 9.29. The van der Waals surface area contributed by atoms with Gasteiger partial charge in [0.2, 0.25) is 0 Å². The maximum Gasteiger partial charge on any atom is 0.417 e. The lowest BCUT2D eigenvalue weighted by Crippen LogP contribution is -2.08. The highest BCUT2D eigenvalue weighted by Gasteiger charge is 2.32. The summed E-state index contributed by atoms with van der Waals surface area (Å²) in [4.78, 5) is 11.4. The van der Waals surface area contributed by atoms with Crippen molar-refractivity contribution in [2.45, 2.75) is 44.7 Å². The minimum Gasteiger partial charge on any atom is -0.332 e. The Bertz CT molecular complexity index is 1050. The number of halogens is 5. The average Bonchev–Trinajstić information content (AvgIpc) is 3.43. The van der Waals surface area contributed by atoms with E-state index in [1.165, 1.54) is 0 Å². The van der Waals surface area contributed by atoms with Crippen molar-refractivity contribution >= 4 is 11.6 Å². The van der Waals surface area contributed by atoms with E-state index in [1.807, 2.05) is 25.1 Å². The van der Waals surface area contributed by atoms with Crippen molar-refractivity contribution in [3.05, 3.63) is 69.6 Å². The molecule has 0 saturated heterocycles. The van der Waals surface area contributed by atoms with Crippen LogP contribution in [0.4, 0.5) is 17.6 Å². The molecule has 1 saturated carbocycles. The fourth-order valence-corrected chi connectivity index (χ4v) is 3.54. The smallest absolute Gasteiger partial charge is 0.332 e. The summed E-state index contributed by atoms with van der Waals surface area (Å²) in [7, 11) is 0. The van der Waals surface area contributed by atoms with E-state index in [0.29, 0.717) is 35.4 Å². The van der Waals surface area contributed by atoms with Gasteiger partial charge >= 0.3 is 6.18 Å². The van der Waals surface area contributed by atoms with E-state index >= 15 is 0 Å². The van der Waals surface area contributed by atoms with Gasteiger partial charge in [-0.2, -0.15) is 13.2 Å². The number of pyridine rings is 1. The second-order valence-electron chi connectivity index (χ2n) is 7.35. The third-order valence-corrected chi connectivity index (χ3v) is 5.41. The molecule has 152 valence electrons. The molecule has 0 atom stereocenters. The SMILES string of the molecule is Cc1cc(-c2nc(C3CC3)[nH]c2Cl)ccc1CCc1ncc(C(F)(F)F)cc1F. The number of benzene rings is 1. The number of imidazole rings is 1. The zero-order valence-corrected chi connectivity index (χ0v) is 16.3. The van der Waals surface area contributed by atoms with Crippen LogP contribution in [0.5, 0.6) is 0 Å². The fourth-order valence-electron chi connectivity index (χ4n) is 3.29. The van der Waals surface area contributed by atoms with E-state index in [0.717, 1.165) is 35.4 Å². The molecule has 1 aromatic carbocycles. The van der Waals surface area contributed by atoms with Crippen LogP contribution in [0, 0.1) is 12.7 Å². The van der Waals surface area contributed by atoms with Gasteiger partial charge in [0.25, 0.3) is 0 Å². The molecule has 0 unspecified atom stereocenters. The lowest BCUT2D eigenvalue weighted by Gasteiger charge is -2.10. The lowest BCUT2D eigenvalue weighted by atomic mass is 9.99. The van der Waals surface area contributed by atoms with Crippen LogP contribution in [0.15, 0.2) is 30.5 Å². The molecule has 0 spiro atoms. The lowest BCUT2D eigenvalue weighted by molar-refractivity contribution is -0.138. The van der Waals surface area contributed by atoms with E-state index in [-0.39, 0.29) is 12.1 Å². The molecule has 29 heavy (non-hydrogen) atoms. The number of aromatic amines is 1. The fraction of sp³-hybridized carbons (Fsp3) is 0.333. The van der Waals surface area contributed by atoms with Gasteiger partial charge in [-0.3, -0.25) is 4.98 Å². The maximum absolute atomic E-state index is 14.0. The van der Waals surface area contributed by atoms with Crippen LogP contribution in [-0.4, -0.2) is 15.0 Å². The normalized spacial score (nSPS) is 14.4. The molecular weight excluding hydrogens is 406 g/mol. The molecular formula is C21H18ClF4N3. The highest BCUT2D eigenvalue weighted by molar-refractivity contribution is 6.31. The predicted octanol–water partition coefficient (Wildman–Crippen LogP) is 6.25. The highest BCUT2D eigenvalue weighted by Crippen LogP contribution is 2.40. The van der Waals surface area contributed by atoms with E-state index in [1.54, 1.807) is 0 Å². The van der Waals surface area contributed by atoms with Crippen molar-refractivity contribution < 1.29 is 17.6 Å². The highest BCUT2D eigenvalue weighted by atomic mass is 35.5. The molecule has 0 aliphatic heterocycles. The zero-order valence-electron chi connectivity index (χ0n) is 15.6. The summed E-state index contributed by atoms with van der Waals surface area (Å²) in [5.41, 5.74) is 2.47. The number of rotatable bonds is 5. The number of hydrogen-bond acceptors (Lipinski definition) is 2. The second-order valence-corrected chi connectivity index (χ2v) is 7.73. The number of aryl methyl sites for hydroxylation is 3. The molecule has 1 N–H and O–H groups in total. The quantitative estimate of drug-likeness (QED) is 0.492. The summed E-state index contributed by atoms with van der Waals surface area (Å²) in [5, 5.41) is 0.509. The molecule has 2 heterocycles. The van der Waals surface area contributed by atoms with Gasteiger partial charge in [0.15, 0.2) is 0 Å². The second kappa shape index (κ2) is 7.44. The molecule has 3 nitrogen and oxygen atoms in total. The third-order valence-electron chi connectivity index (χ3n) is 5.13. The maximum atomic E-state index is 14.0. The van der Waals surface area contributed by atoms with Crippen molar-refractivity contribution in [2.75, 3.05) is 0 Å². The summed E-state index contributed by atoms with van der Waals surface area (Å²) >= 11 is 6.30. The molecule has 2 aromatic heterocycles. The molecule has 3 aromatic rings. The number of nitrogens with one attached hydrogen (secondary N) is 1. The number of H-pyrrole nitrogens is 1. The van der Waals surface area contributed by atoms with Gasteiger partial charge in [0.05, 0.1) is 11.3 Å². The summed E-state index contributed by atoms with van der Waals surface area (Å²) in [6, 6.07) is 6.27. The van der Waals surface area contributed by atoms with E-state index < -0.39 is 17.6 Å².